The summed E-state index contributed by atoms with van der Waals surface area (Å²) in [5, 5.41) is -0.162. The normalized spacial score (nSPS) is 13.0. The van der Waals surface area contributed by atoms with Crippen LogP contribution in [0.5, 0.6) is 0 Å². The van der Waals surface area contributed by atoms with Crippen LogP contribution >= 0.6 is 50.5 Å². The van der Waals surface area contributed by atoms with Crippen molar-refractivity contribution in [1.29, 1.82) is 0 Å². The monoisotopic (exact) mass is 403 g/mol. The van der Waals surface area contributed by atoms with E-state index >= 15 is 0 Å². The van der Waals surface area contributed by atoms with Crippen molar-refractivity contribution in [2.45, 2.75) is 25.3 Å². The van der Waals surface area contributed by atoms with Gasteiger partial charge in [-0.15, -0.1) is 22.9 Å². The Morgan fingerprint density at radius 1 is 1.43 bits per heavy atom. The Bertz CT molecular complexity index is 782. The maximum atomic E-state index is 6.26. The molecule has 0 radical (unpaired) electrons. The first kappa shape index (κ1) is 15.3. The van der Waals surface area contributed by atoms with E-state index < -0.39 is 0 Å². The third-order valence-corrected chi connectivity index (χ3v) is 5.07. The second kappa shape index (κ2) is 6.24. The van der Waals surface area contributed by atoms with E-state index in [0.29, 0.717) is 0 Å². The summed E-state index contributed by atoms with van der Waals surface area (Å²) in [7, 11) is 0. The summed E-state index contributed by atoms with van der Waals surface area (Å²) in [5.74, 6) is 0.847. The van der Waals surface area contributed by atoms with Crippen LogP contribution in [0.15, 0.2) is 28.9 Å². The molecule has 0 aliphatic heterocycles. The molecular weight excluding hydrogens is 393 g/mol. The van der Waals surface area contributed by atoms with E-state index in [4.69, 9.17) is 23.2 Å². The molecule has 0 aliphatic rings. The summed E-state index contributed by atoms with van der Waals surface area (Å²) in [6, 6.07) is 5.94. The van der Waals surface area contributed by atoms with Crippen LogP contribution in [0.2, 0.25) is 4.34 Å². The standard InChI is InChI=1S/C14H12BrCl2N3S/c1-8(16)13-19-11-6-9(15)7-18-14(11)20(13)5-4-10-2-3-12(17)21-10/h2-3,6-8H,4-5H2,1H3. The predicted octanol–water partition coefficient (Wildman–Crippen LogP) is 5.45. The van der Waals surface area contributed by atoms with E-state index in [-0.39, 0.29) is 5.38 Å². The summed E-state index contributed by atoms with van der Waals surface area (Å²) >= 11 is 17.3. The fourth-order valence-corrected chi connectivity index (χ4v) is 3.80. The number of hydrogen-bond acceptors (Lipinski definition) is 3. The number of halogens is 3. The van der Waals surface area contributed by atoms with Crippen LogP contribution in [0, 0.1) is 0 Å². The van der Waals surface area contributed by atoms with Crippen LogP contribution in [-0.2, 0) is 13.0 Å². The molecule has 0 N–H and O–H groups in total. The molecule has 3 nitrogen and oxygen atoms in total. The van der Waals surface area contributed by atoms with E-state index in [9.17, 15) is 0 Å². The van der Waals surface area contributed by atoms with E-state index in [0.717, 1.165) is 38.8 Å². The third kappa shape index (κ3) is 3.26. The highest BCUT2D eigenvalue weighted by Crippen LogP contribution is 2.27. The van der Waals surface area contributed by atoms with E-state index in [1.54, 1.807) is 17.5 Å². The Labute approximate surface area is 145 Å². The largest absolute Gasteiger partial charge is 0.311 e. The number of hydrogen-bond donors (Lipinski definition) is 0. The van der Waals surface area contributed by atoms with Gasteiger partial charge in [0, 0.05) is 22.1 Å². The minimum atomic E-state index is -0.162. The average molecular weight is 405 g/mol. The number of nitrogens with zero attached hydrogens (tertiary/aromatic N) is 3. The van der Waals surface area contributed by atoms with Crippen LogP contribution in [0.1, 0.15) is 23.0 Å². The van der Waals surface area contributed by atoms with Crippen LogP contribution < -0.4 is 0 Å². The Hall–Kier alpha value is -0.620. The van der Waals surface area contributed by atoms with Crippen molar-refractivity contribution < 1.29 is 0 Å². The summed E-state index contributed by atoms with van der Waals surface area (Å²) in [4.78, 5) is 10.3. The number of imidazole rings is 1. The van der Waals surface area contributed by atoms with Crippen molar-refractivity contribution in [3.63, 3.8) is 0 Å². The zero-order chi connectivity index (χ0) is 15.0. The van der Waals surface area contributed by atoms with Gasteiger partial charge in [0.1, 0.15) is 11.3 Å². The average Bonchev–Trinajstić information content (AvgIpc) is 2.99. The lowest BCUT2D eigenvalue weighted by Gasteiger charge is -2.09. The predicted molar refractivity (Wildman–Crippen MR) is 92.5 cm³/mol. The smallest absolute Gasteiger partial charge is 0.160 e. The number of pyridine rings is 1. The minimum absolute atomic E-state index is 0.162. The summed E-state index contributed by atoms with van der Waals surface area (Å²) < 4.78 is 3.82. The fraction of sp³-hybridized carbons (Fsp3) is 0.286. The van der Waals surface area contributed by atoms with Gasteiger partial charge in [0.15, 0.2) is 5.65 Å². The van der Waals surface area contributed by atoms with Crippen LogP contribution in [0.25, 0.3) is 11.2 Å². The van der Waals surface area contributed by atoms with Gasteiger partial charge in [0.05, 0.1) is 9.71 Å². The number of fused-ring (bicyclic) bond motifs is 1. The van der Waals surface area contributed by atoms with Gasteiger partial charge in [-0.25, -0.2) is 9.97 Å². The first-order valence-corrected chi connectivity index (χ1v) is 8.87. The lowest BCUT2D eigenvalue weighted by molar-refractivity contribution is 0.667. The van der Waals surface area contributed by atoms with Crippen molar-refractivity contribution in [1.82, 2.24) is 14.5 Å². The first-order chi connectivity index (χ1) is 10.0. The fourth-order valence-electron chi connectivity index (χ4n) is 2.24. The Morgan fingerprint density at radius 2 is 2.24 bits per heavy atom. The zero-order valence-electron chi connectivity index (χ0n) is 11.2. The molecule has 110 valence electrons. The molecule has 3 heterocycles. The Balaban J connectivity index is 1.97. The summed E-state index contributed by atoms with van der Waals surface area (Å²) in [5.41, 5.74) is 1.72. The maximum absolute atomic E-state index is 6.26. The molecule has 3 rings (SSSR count). The molecule has 21 heavy (non-hydrogen) atoms. The van der Waals surface area contributed by atoms with Gasteiger partial charge in [-0.3, -0.25) is 0 Å². The lowest BCUT2D eigenvalue weighted by Crippen LogP contribution is -2.07. The lowest BCUT2D eigenvalue weighted by atomic mass is 10.3. The molecule has 0 bridgehead atoms. The van der Waals surface area contributed by atoms with E-state index in [2.05, 4.69) is 36.5 Å². The number of aryl methyl sites for hydroxylation is 2. The van der Waals surface area contributed by atoms with E-state index in [1.165, 1.54) is 4.88 Å². The molecule has 3 aromatic rings. The van der Waals surface area contributed by atoms with Gasteiger partial charge >= 0.3 is 0 Å². The molecule has 0 saturated heterocycles. The van der Waals surface area contributed by atoms with Crippen molar-refractivity contribution in [3.05, 3.63) is 43.9 Å². The molecule has 7 heteroatoms. The maximum Gasteiger partial charge on any atom is 0.160 e. The molecule has 0 spiro atoms. The van der Waals surface area contributed by atoms with Gasteiger partial charge in [-0.1, -0.05) is 11.6 Å². The Morgan fingerprint density at radius 3 is 2.90 bits per heavy atom. The highest BCUT2D eigenvalue weighted by Gasteiger charge is 2.16. The van der Waals surface area contributed by atoms with Crippen LogP contribution in [0.3, 0.4) is 0 Å². The molecule has 1 unspecified atom stereocenters. The molecule has 0 aliphatic carbocycles. The van der Waals surface area contributed by atoms with Crippen molar-refractivity contribution >= 4 is 61.6 Å². The van der Waals surface area contributed by atoms with Crippen LogP contribution in [0.4, 0.5) is 0 Å². The number of rotatable bonds is 4. The number of thiophene rings is 1. The molecule has 0 amide bonds. The molecule has 1 atom stereocenters. The topological polar surface area (TPSA) is 30.7 Å². The van der Waals surface area contributed by atoms with E-state index in [1.807, 2.05) is 19.1 Å². The van der Waals surface area contributed by atoms with Gasteiger partial charge in [0.2, 0.25) is 0 Å². The van der Waals surface area contributed by atoms with Crippen molar-refractivity contribution in [3.8, 4) is 0 Å². The molecule has 0 saturated carbocycles. The third-order valence-electron chi connectivity index (χ3n) is 3.15. The van der Waals surface area contributed by atoms with Gasteiger partial charge in [-0.2, -0.15) is 0 Å². The first-order valence-electron chi connectivity index (χ1n) is 6.44. The molecule has 0 fully saturated rings. The number of alkyl halides is 1. The Kier molecular flexibility index (Phi) is 4.54. The highest BCUT2D eigenvalue weighted by molar-refractivity contribution is 9.10. The molecule has 3 aromatic heterocycles. The van der Waals surface area contributed by atoms with Gasteiger partial charge in [-0.05, 0) is 47.5 Å². The minimum Gasteiger partial charge on any atom is -0.311 e. The second-order valence-electron chi connectivity index (χ2n) is 4.69. The number of aromatic nitrogens is 3. The second-order valence-corrected chi connectivity index (χ2v) is 8.06. The van der Waals surface area contributed by atoms with Crippen molar-refractivity contribution in [2.24, 2.45) is 0 Å². The SMILES string of the molecule is CC(Cl)c1nc2cc(Br)cnc2n1CCc1ccc(Cl)s1. The summed E-state index contributed by atoms with van der Waals surface area (Å²) in [6.07, 6.45) is 2.67. The quantitative estimate of drug-likeness (QED) is 0.541. The molecule has 0 aromatic carbocycles. The molecular formula is C14H12BrCl2N3S. The van der Waals surface area contributed by atoms with Gasteiger partial charge in [0.25, 0.3) is 0 Å². The van der Waals surface area contributed by atoms with Crippen LogP contribution in [-0.4, -0.2) is 14.5 Å². The van der Waals surface area contributed by atoms with Crippen molar-refractivity contribution in [2.75, 3.05) is 0 Å². The zero-order valence-corrected chi connectivity index (χ0v) is 15.1. The summed E-state index contributed by atoms with van der Waals surface area (Å²) in [6.45, 7) is 2.71. The van der Waals surface area contributed by atoms with Gasteiger partial charge < -0.3 is 4.57 Å². The highest BCUT2D eigenvalue weighted by atomic mass is 79.9.